The van der Waals surface area contributed by atoms with Crippen molar-refractivity contribution in [1.29, 1.82) is 0 Å². The van der Waals surface area contributed by atoms with E-state index in [2.05, 4.69) is 61.2 Å². The molecule has 0 radical (unpaired) electrons. The molecule has 1 saturated heterocycles. The number of para-hydroxylation sites is 1. The molecule has 1 aliphatic rings. The topological polar surface area (TPSA) is 24.3 Å². The number of halogens is 1. The van der Waals surface area contributed by atoms with Crippen LogP contribution < -0.4 is 4.90 Å². The van der Waals surface area contributed by atoms with Gasteiger partial charge in [-0.25, -0.2) is 0 Å². The van der Waals surface area contributed by atoms with Gasteiger partial charge in [-0.15, -0.1) is 0 Å². The fourth-order valence-corrected chi connectivity index (χ4v) is 3.33. The van der Waals surface area contributed by atoms with Crippen LogP contribution in [0.3, 0.4) is 0 Å². The summed E-state index contributed by atoms with van der Waals surface area (Å²) in [6.45, 7) is 7.34. The summed E-state index contributed by atoms with van der Waals surface area (Å²) in [5.41, 5.74) is 3.66. The van der Waals surface area contributed by atoms with Crippen LogP contribution in [0.1, 0.15) is 11.4 Å². The van der Waals surface area contributed by atoms with Crippen LogP contribution in [0.25, 0.3) is 0 Å². The van der Waals surface area contributed by atoms with Crippen LogP contribution in [0, 0.1) is 6.92 Å². The molecule has 4 nitrogen and oxygen atoms in total. The summed E-state index contributed by atoms with van der Waals surface area (Å²) in [6, 6.07) is 10.7. The molecule has 1 fully saturated rings. The van der Waals surface area contributed by atoms with Crippen LogP contribution in [0.15, 0.2) is 34.8 Å². The van der Waals surface area contributed by atoms with E-state index in [-0.39, 0.29) is 0 Å². The Morgan fingerprint density at radius 1 is 1.10 bits per heavy atom. The molecule has 1 aliphatic heterocycles. The molecule has 21 heavy (non-hydrogen) atoms. The molecule has 0 unspecified atom stereocenters. The molecule has 3 rings (SSSR count). The van der Waals surface area contributed by atoms with Crippen molar-refractivity contribution in [2.45, 2.75) is 13.5 Å². The normalized spacial score (nSPS) is 16.4. The molecule has 112 valence electrons. The lowest BCUT2D eigenvalue weighted by atomic mass is 10.2. The number of benzene rings is 1. The molecule has 2 aromatic rings. The van der Waals surface area contributed by atoms with Gasteiger partial charge in [-0.3, -0.25) is 9.58 Å². The minimum absolute atomic E-state index is 0.959. The maximum atomic E-state index is 4.47. The zero-order valence-electron chi connectivity index (χ0n) is 12.6. The van der Waals surface area contributed by atoms with Crippen LogP contribution >= 0.6 is 15.9 Å². The second-order valence-electron chi connectivity index (χ2n) is 5.57. The molecular formula is C16H21BrN4. The molecule has 0 atom stereocenters. The second-order valence-corrected chi connectivity index (χ2v) is 6.36. The third-order valence-corrected chi connectivity index (χ3v) is 5.16. The van der Waals surface area contributed by atoms with Crippen LogP contribution in [0.4, 0.5) is 5.69 Å². The zero-order valence-corrected chi connectivity index (χ0v) is 14.2. The van der Waals surface area contributed by atoms with Gasteiger partial charge >= 0.3 is 0 Å². The Morgan fingerprint density at radius 3 is 2.33 bits per heavy atom. The van der Waals surface area contributed by atoms with Crippen molar-refractivity contribution in [1.82, 2.24) is 14.7 Å². The highest BCUT2D eigenvalue weighted by Crippen LogP contribution is 2.23. The third-order valence-electron chi connectivity index (χ3n) is 4.13. The first-order valence-electron chi connectivity index (χ1n) is 7.35. The Hall–Kier alpha value is -1.33. The van der Waals surface area contributed by atoms with E-state index in [4.69, 9.17) is 0 Å². The van der Waals surface area contributed by atoms with Gasteiger partial charge in [-0.05, 0) is 35.0 Å². The quantitative estimate of drug-likeness (QED) is 0.852. The number of aromatic nitrogens is 2. The number of aryl methyl sites for hydroxylation is 2. The largest absolute Gasteiger partial charge is 0.369 e. The van der Waals surface area contributed by atoms with Crippen LogP contribution in [0.5, 0.6) is 0 Å². The lowest BCUT2D eigenvalue weighted by Gasteiger charge is -2.36. The van der Waals surface area contributed by atoms with Gasteiger partial charge in [0.1, 0.15) is 0 Å². The second kappa shape index (κ2) is 6.20. The Labute approximate surface area is 134 Å². The SMILES string of the molecule is Cc1nn(C)c(CN2CCN(c3ccccc3)CC2)c1Br. The van der Waals surface area contributed by atoms with E-state index in [1.165, 1.54) is 11.4 Å². The summed E-state index contributed by atoms with van der Waals surface area (Å²) in [7, 11) is 2.02. The minimum Gasteiger partial charge on any atom is -0.369 e. The molecule has 1 aromatic heterocycles. The molecule has 1 aromatic carbocycles. The highest BCUT2D eigenvalue weighted by Gasteiger charge is 2.20. The van der Waals surface area contributed by atoms with Crippen LogP contribution in [0.2, 0.25) is 0 Å². The predicted molar refractivity (Wildman–Crippen MR) is 89.6 cm³/mol. The summed E-state index contributed by atoms with van der Waals surface area (Å²) < 4.78 is 3.14. The summed E-state index contributed by atoms with van der Waals surface area (Å²) >= 11 is 3.66. The molecule has 0 amide bonds. The van der Waals surface area contributed by atoms with Gasteiger partial charge in [0.25, 0.3) is 0 Å². The number of piperazine rings is 1. The van der Waals surface area contributed by atoms with E-state index in [0.717, 1.165) is 42.9 Å². The van der Waals surface area contributed by atoms with Crippen molar-refractivity contribution in [2.75, 3.05) is 31.1 Å². The number of rotatable bonds is 3. The smallest absolute Gasteiger partial charge is 0.0739 e. The van der Waals surface area contributed by atoms with Gasteiger partial charge < -0.3 is 4.90 Å². The third kappa shape index (κ3) is 3.14. The zero-order chi connectivity index (χ0) is 14.8. The van der Waals surface area contributed by atoms with Crippen molar-refractivity contribution in [3.63, 3.8) is 0 Å². The summed E-state index contributed by atoms with van der Waals surface area (Å²) in [4.78, 5) is 4.96. The molecule has 0 spiro atoms. The first-order chi connectivity index (χ1) is 10.1. The molecule has 5 heteroatoms. The Bertz CT molecular complexity index is 600. The first-order valence-corrected chi connectivity index (χ1v) is 8.15. The van der Waals surface area contributed by atoms with Crippen molar-refractivity contribution in [3.05, 3.63) is 46.2 Å². The maximum absolute atomic E-state index is 4.47. The fraction of sp³-hybridized carbons (Fsp3) is 0.438. The lowest BCUT2D eigenvalue weighted by Crippen LogP contribution is -2.46. The van der Waals surface area contributed by atoms with Gasteiger partial charge in [0.05, 0.1) is 15.9 Å². The van der Waals surface area contributed by atoms with Crippen molar-refractivity contribution >= 4 is 21.6 Å². The van der Waals surface area contributed by atoms with E-state index in [9.17, 15) is 0 Å². The molecular weight excluding hydrogens is 328 g/mol. The monoisotopic (exact) mass is 348 g/mol. The number of nitrogens with zero attached hydrogens (tertiary/aromatic N) is 4. The summed E-state index contributed by atoms with van der Waals surface area (Å²) in [5.74, 6) is 0. The van der Waals surface area contributed by atoms with Crippen LogP contribution in [-0.2, 0) is 13.6 Å². The lowest BCUT2D eigenvalue weighted by molar-refractivity contribution is 0.243. The van der Waals surface area contributed by atoms with E-state index in [0.29, 0.717) is 0 Å². The Balaban J connectivity index is 1.61. The van der Waals surface area contributed by atoms with Crippen LogP contribution in [-0.4, -0.2) is 40.9 Å². The highest BCUT2D eigenvalue weighted by molar-refractivity contribution is 9.10. The summed E-state index contributed by atoms with van der Waals surface area (Å²) in [6.07, 6.45) is 0. The minimum atomic E-state index is 0.959. The average molecular weight is 349 g/mol. The number of hydrogen-bond donors (Lipinski definition) is 0. The summed E-state index contributed by atoms with van der Waals surface area (Å²) in [5, 5.41) is 4.47. The molecule has 0 N–H and O–H groups in total. The van der Waals surface area contributed by atoms with Gasteiger partial charge in [-0.1, -0.05) is 18.2 Å². The standard InChI is InChI=1S/C16H21BrN4/c1-13-16(17)15(19(2)18-13)12-20-8-10-21(11-9-20)14-6-4-3-5-7-14/h3-7H,8-12H2,1-2H3. The van der Waals surface area contributed by atoms with E-state index in [1.54, 1.807) is 0 Å². The van der Waals surface area contributed by atoms with Gasteiger partial charge in [0, 0.05) is 45.5 Å². The molecule has 0 bridgehead atoms. The van der Waals surface area contributed by atoms with Crippen molar-refractivity contribution in [3.8, 4) is 0 Å². The van der Waals surface area contributed by atoms with E-state index < -0.39 is 0 Å². The van der Waals surface area contributed by atoms with Gasteiger partial charge in [-0.2, -0.15) is 5.10 Å². The molecule has 2 heterocycles. The predicted octanol–water partition coefficient (Wildman–Crippen LogP) is 2.81. The van der Waals surface area contributed by atoms with E-state index >= 15 is 0 Å². The highest BCUT2D eigenvalue weighted by atomic mass is 79.9. The van der Waals surface area contributed by atoms with Gasteiger partial charge in [0.2, 0.25) is 0 Å². The molecule has 0 aliphatic carbocycles. The van der Waals surface area contributed by atoms with Crippen molar-refractivity contribution in [2.24, 2.45) is 7.05 Å². The average Bonchev–Trinajstić information content (AvgIpc) is 2.75. The first kappa shape index (κ1) is 14.6. The Kier molecular flexibility index (Phi) is 4.31. The Morgan fingerprint density at radius 2 is 1.76 bits per heavy atom. The number of anilines is 1. The van der Waals surface area contributed by atoms with Gasteiger partial charge in [0.15, 0.2) is 0 Å². The maximum Gasteiger partial charge on any atom is 0.0739 e. The molecule has 0 saturated carbocycles. The van der Waals surface area contributed by atoms with E-state index in [1.807, 2.05) is 18.7 Å². The van der Waals surface area contributed by atoms with Crippen molar-refractivity contribution < 1.29 is 0 Å². The number of hydrogen-bond acceptors (Lipinski definition) is 3. The fourth-order valence-electron chi connectivity index (χ4n) is 2.87.